The minimum atomic E-state index is -1.06. The number of hydrogen-bond donors (Lipinski definition) is 2. The van der Waals surface area contributed by atoms with Crippen molar-refractivity contribution in [1.29, 1.82) is 0 Å². The average molecular weight is 1140 g/mol. The number of benzene rings is 7. The molecule has 12 nitrogen and oxygen atoms in total. The Kier molecular flexibility index (Phi) is 15.9. The van der Waals surface area contributed by atoms with Crippen molar-refractivity contribution in [3.8, 4) is 0 Å². The maximum atomic E-state index is 14.8. The fraction of sp³-hybridized carbons (Fsp3) is 0.133. The fourth-order valence-corrected chi connectivity index (χ4v) is 12.3. The van der Waals surface area contributed by atoms with Gasteiger partial charge in [-0.25, -0.2) is 14.6 Å². The van der Waals surface area contributed by atoms with Gasteiger partial charge < -0.3 is 24.9 Å². The third-order valence-electron chi connectivity index (χ3n) is 12.8. The Morgan fingerprint density at radius 3 is 1.55 bits per heavy atom. The number of amides is 2. The summed E-state index contributed by atoms with van der Waals surface area (Å²) in [6.07, 6.45) is -1.48. The highest BCUT2D eigenvalue weighted by Crippen LogP contribution is 2.43. The maximum Gasteiger partial charge on any atom is 0.356 e. The third-order valence-corrected chi connectivity index (χ3v) is 15.8. The largest absolute Gasteiger partial charge is 0.450 e. The van der Waals surface area contributed by atoms with E-state index < -0.39 is 59.5 Å². The van der Waals surface area contributed by atoms with Gasteiger partial charge in [-0.1, -0.05) is 240 Å². The molecule has 0 radical (unpaired) electrons. The van der Waals surface area contributed by atoms with E-state index in [0.717, 1.165) is 44.5 Å². The molecule has 0 saturated carbocycles. The number of carbonyl (C=O) groups excluding carboxylic acids is 4. The first-order chi connectivity index (χ1) is 36.8. The first-order valence-electron chi connectivity index (χ1n) is 24.1. The normalized spacial score (nSPS) is 15.4. The summed E-state index contributed by atoms with van der Waals surface area (Å²) in [6.45, 7) is -0.655. The number of fused-ring (bicyclic) bond motifs is 1. The predicted octanol–water partition coefficient (Wildman–Crippen LogP) is 11.0. The lowest BCUT2D eigenvalue weighted by Crippen LogP contribution is -2.71. The Labute approximate surface area is 456 Å². The van der Waals surface area contributed by atoms with Crippen LogP contribution in [-0.4, -0.2) is 67.6 Å². The quantitative estimate of drug-likeness (QED) is 0.0152. The van der Waals surface area contributed by atoms with Crippen LogP contribution < -0.4 is 10.6 Å². The summed E-state index contributed by atoms with van der Waals surface area (Å²) in [5.41, 5.74) is 5.66. The molecule has 7 aromatic carbocycles. The van der Waals surface area contributed by atoms with Crippen molar-refractivity contribution in [3.63, 3.8) is 0 Å². The van der Waals surface area contributed by atoms with E-state index in [0.29, 0.717) is 15.3 Å². The topological polar surface area (TPSA) is 149 Å². The van der Waals surface area contributed by atoms with E-state index >= 15 is 0 Å². The number of aromatic nitrogens is 1. The van der Waals surface area contributed by atoms with Crippen LogP contribution >= 0.6 is 45.7 Å². The molecular weight excluding hydrogens is 1090 g/mol. The summed E-state index contributed by atoms with van der Waals surface area (Å²) in [7, 11) is 0. The number of β-lactam (4-membered cyclic amide) rings is 1. The number of anilines is 1. The van der Waals surface area contributed by atoms with E-state index in [9.17, 15) is 19.2 Å². The van der Waals surface area contributed by atoms with Crippen LogP contribution in [0.4, 0.5) is 5.13 Å². The number of oxime groups is 1. The molecule has 374 valence electrons. The van der Waals surface area contributed by atoms with Crippen LogP contribution in [0.25, 0.3) is 0 Å². The molecule has 2 amide bonds. The molecule has 1 aromatic heterocycles. The second-order valence-electron chi connectivity index (χ2n) is 17.5. The summed E-state index contributed by atoms with van der Waals surface area (Å²) >= 11 is 4.87. The van der Waals surface area contributed by atoms with Gasteiger partial charge in [0.15, 0.2) is 23.1 Å². The summed E-state index contributed by atoms with van der Waals surface area (Å²) in [5.74, 6) is -2.25. The molecule has 2 atom stereocenters. The number of thioether (sulfide) groups is 1. The molecule has 15 heteroatoms. The first-order valence-corrected chi connectivity index (χ1v) is 27.5. The summed E-state index contributed by atoms with van der Waals surface area (Å²) in [5, 5.41) is 12.4. The van der Waals surface area contributed by atoms with Gasteiger partial charge in [-0.3, -0.25) is 14.5 Å². The van der Waals surface area contributed by atoms with E-state index in [1.807, 2.05) is 212 Å². The molecule has 10 rings (SSSR count). The Morgan fingerprint density at radius 2 is 1.09 bits per heavy atom. The zero-order valence-corrected chi connectivity index (χ0v) is 43.9. The molecule has 0 aliphatic carbocycles. The molecule has 0 spiro atoms. The van der Waals surface area contributed by atoms with Gasteiger partial charge in [0.2, 0.25) is 6.61 Å². The van der Waals surface area contributed by atoms with Crippen molar-refractivity contribution in [1.82, 2.24) is 15.2 Å². The lowest BCUT2D eigenvalue weighted by atomic mass is 9.77. The van der Waals surface area contributed by atoms with Crippen LogP contribution in [0.5, 0.6) is 0 Å². The monoisotopic (exact) mass is 1140 g/mol. The number of rotatable bonds is 19. The SMILES string of the molecule is O=C(CO/N=C(/C(=O)N[C@@H]1C(=O)N2C(C(=O)OC(c3ccccc3)c3ccccc3)=C(CI)CS[C@H]12)c1csc(NC(c2ccccc2)(c2ccccc2)c2ccccc2)n1)OC(c1ccccc1)c1ccccc1. The Bertz CT molecular complexity index is 3140. The summed E-state index contributed by atoms with van der Waals surface area (Å²) in [6, 6.07) is 66.5. The van der Waals surface area contributed by atoms with E-state index in [2.05, 4.69) is 38.4 Å². The number of nitrogens with one attached hydrogen (secondary N) is 2. The smallest absolute Gasteiger partial charge is 0.356 e. The molecule has 0 unspecified atom stereocenters. The lowest BCUT2D eigenvalue weighted by Gasteiger charge is -2.49. The summed E-state index contributed by atoms with van der Waals surface area (Å²) < 4.78 is 12.7. The molecule has 0 bridgehead atoms. The van der Waals surface area contributed by atoms with Gasteiger partial charge in [0.25, 0.3) is 11.8 Å². The van der Waals surface area contributed by atoms with Crippen molar-refractivity contribution in [2.45, 2.75) is 29.2 Å². The number of ether oxygens (including phenoxy) is 2. The van der Waals surface area contributed by atoms with Crippen LogP contribution in [0, 0.1) is 0 Å². The number of hydrogen-bond acceptors (Lipinski definition) is 12. The van der Waals surface area contributed by atoms with E-state index in [-0.39, 0.29) is 17.1 Å². The third kappa shape index (κ3) is 11.0. The van der Waals surface area contributed by atoms with Crippen molar-refractivity contribution in [2.24, 2.45) is 5.16 Å². The molecule has 8 aromatic rings. The molecule has 3 heterocycles. The number of esters is 2. The number of thiazole rings is 1. The van der Waals surface area contributed by atoms with Crippen molar-refractivity contribution >= 4 is 80.3 Å². The Hall–Kier alpha value is -7.86. The number of carbonyl (C=O) groups is 4. The first kappa shape index (κ1) is 50.7. The van der Waals surface area contributed by atoms with Crippen molar-refractivity contribution in [3.05, 3.63) is 274 Å². The van der Waals surface area contributed by atoms with Gasteiger partial charge >= 0.3 is 11.9 Å². The van der Waals surface area contributed by atoms with E-state index in [1.165, 1.54) is 28.0 Å². The van der Waals surface area contributed by atoms with Gasteiger partial charge in [-0.15, -0.1) is 23.1 Å². The molecule has 1 fully saturated rings. The van der Waals surface area contributed by atoms with Gasteiger partial charge in [0, 0.05) is 15.6 Å². The van der Waals surface area contributed by atoms with Crippen LogP contribution in [0.3, 0.4) is 0 Å². The van der Waals surface area contributed by atoms with Gasteiger partial charge in [0.1, 0.15) is 28.3 Å². The van der Waals surface area contributed by atoms with Crippen LogP contribution in [0.2, 0.25) is 0 Å². The predicted molar refractivity (Wildman–Crippen MR) is 300 cm³/mol. The molecule has 2 aliphatic rings. The second kappa shape index (κ2) is 23.6. The maximum absolute atomic E-state index is 14.8. The standard InChI is InChI=1S/C60H48IN5O7S2/c61-36-44-38-74-57-51(56(69)66(57)52(44)58(70)73-54(42-26-12-3-13-27-42)43-28-14-4-15-29-43)63-55(68)50(65-71-37-49(67)72-53(40-22-8-1-9-23-40)41-24-10-2-11-25-41)48-39-75-59(62-48)64-60(45-30-16-5-17-31-45,46-32-18-6-19-33-46)47-34-20-7-21-35-47/h1-35,39,51,53-54,57H,36-38H2,(H,62,64)(H,63,68)/b65-50+/t51-,57-/m1/s1. The summed E-state index contributed by atoms with van der Waals surface area (Å²) in [4.78, 5) is 69.3. The number of nitrogens with zero attached hydrogens (tertiary/aromatic N) is 3. The second-order valence-corrected chi connectivity index (χ2v) is 20.2. The molecule has 75 heavy (non-hydrogen) atoms. The number of alkyl halides is 1. The Balaban J connectivity index is 0.943. The minimum Gasteiger partial charge on any atom is -0.450 e. The molecule has 2 N–H and O–H groups in total. The van der Waals surface area contributed by atoms with Gasteiger partial charge in [-0.2, -0.15) is 0 Å². The van der Waals surface area contributed by atoms with Gasteiger partial charge in [-0.05, 0) is 44.5 Å². The molecule has 2 aliphatic heterocycles. The van der Waals surface area contributed by atoms with E-state index in [4.69, 9.17) is 19.3 Å². The zero-order valence-electron chi connectivity index (χ0n) is 40.1. The molecular formula is C60H48IN5O7S2. The van der Waals surface area contributed by atoms with Crippen LogP contribution in [0.15, 0.2) is 234 Å². The fourth-order valence-electron chi connectivity index (χ4n) is 9.22. The molecule has 1 saturated heterocycles. The zero-order chi connectivity index (χ0) is 51.6. The number of halogens is 1. The van der Waals surface area contributed by atoms with Crippen molar-refractivity contribution in [2.75, 3.05) is 22.1 Å². The minimum absolute atomic E-state index is 0.118. The highest BCUT2D eigenvalue weighted by atomic mass is 127. The van der Waals surface area contributed by atoms with E-state index in [1.54, 1.807) is 5.38 Å². The highest BCUT2D eigenvalue weighted by Gasteiger charge is 2.55. The van der Waals surface area contributed by atoms with Crippen LogP contribution in [-0.2, 0) is 39.0 Å². The Morgan fingerprint density at radius 1 is 0.653 bits per heavy atom. The lowest BCUT2D eigenvalue weighted by molar-refractivity contribution is -0.154. The highest BCUT2D eigenvalue weighted by molar-refractivity contribution is 14.1. The average Bonchev–Trinajstić information content (AvgIpc) is 3.95. The van der Waals surface area contributed by atoms with Crippen molar-refractivity contribution < 1.29 is 33.5 Å². The van der Waals surface area contributed by atoms with Crippen LogP contribution in [0.1, 0.15) is 56.8 Å². The van der Waals surface area contributed by atoms with Gasteiger partial charge in [0.05, 0.1) is 0 Å².